The highest BCUT2D eigenvalue weighted by atomic mass is 32.2. The molecule has 0 radical (unpaired) electrons. The molecule has 0 fully saturated rings. The van der Waals surface area contributed by atoms with E-state index in [4.69, 9.17) is 5.73 Å². The molecule has 1 amide bonds. The van der Waals surface area contributed by atoms with Gasteiger partial charge in [0.2, 0.25) is 5.91 Å². The van der Waals surface area contributed by atoms with E-state index in [9.17, 15) is 9.59 Å². The summed E-state index contributed by atoms with van der Waals surface area (Å²) in [6, 6.07) is -1.22. The number of nitrogens with two attached hydrogens (primary N) is 1. The van der Waals surface area contributed by atoms with Crippen LogP contribution >= 0.6 is 11.8 Å². The Kier molecular flexibility index (Phi) is 7.15. The zero-order valence-corrected chi connectivity index (χ0v) is 10.1. The third-order valence-corrected chi connectivity index (χ3v) is 2.47. The van der Waals surface area contributed by atoms with Crippen LogP contribution in [0, 0.1) is 0 Å². The second kappa shape index (κ2) is 7.53. The number of thioether (sulfide) groups is 1. The summed E-state index contributed by atoms with van der Waals surface area (Å²) in [4.78, 5) is 22.6. The molecule has 0 saturated carbocycles. The number of ether oxygens (including phenoxy) is 1. The summed E-state index contributed by atoms with van der Waals surface area (Å²) in [5.74, 6) is 0.00322. The predicted molar refractivity (Wildman–Crippen MR) is 60.6 cm³/mol. The van der Waals surface area contributed by atoms with Gasteiger partial charge in [0.1, 0.15) is 6.04 Å². The Morgan fingerprint density at radius 3 is 2.53 bits per heavy atom. The Labute approximate surface area is 94.1 Å². The Bertz CT molecular complexity index is 221. The SMILES string of the molecule is COC(=O)[C@H](CCSC)NC(=O)[C@H](C)N. The number of hydrogen-bond acceptors (Lipinski definition) is 5. The van der Waals surface area contributed by atoms with E-state index in [2.05, 4.69) is 10.1 Å². The second-order valence-corrected chi connectivity index (χ2v) is 4.14. The molecule has 0 aliphatic heterocycles. The molecule has 5 nitrogen and oxygen atoms in total. The molecule has 0 heterocycles. The number of amides is 1. The Morgan fingerprint density at radius 2 is 2.13 bits per heavy atom. The maximum absolute atomic E-state index is 11.3. The largest absolute Gasteiger partial charge is 0.467 e. The van der Waals surface area contributed by atoms with E-state index in [-0.39, 0.29) is 5.91 Å². The van der Waals surface area contributed by atoms with Crippen molar-refractivity contribution in [3.63, 3.8) is 0 Å². The standard InChI is InChI=1S/C9H18N2O3S/c1-6(10)8(12)11-7(4-5-15-3)9(13)14-2/h6-7H,4-5,10H2,1-3H3,(H,11,12)/t6-,7-/m0/s1. The maximum Gasteiger partial charge on any atom is 0.328 e. The van der Waals surface area contributed by atoms with Gasteiger partial charge >= 0.3 is 5.97 Å². The Hall–Kier alpha value is -0.750. The number of carbonyl (C=O) groups excluding carboxylic acids is 2. The van der Waals surface area contributed by atoms with Gasteiger partial charge in [0.05, 0.1) is 13.2 Å². The van der Waals surface area contributed by atoms with Gasteiger partial charge in [-0.25, -0.2) is 4.79 Å². The molecule has 0 unspecified atom stereocenters. The molecule has 88 valence electrons. The summed E-state index contributed by atoms with van der Waals surface area (Å²) in [7, 11) is 1.30. The number of esters is 1. The zero-order chi connectivity index (χ0) is 11.8. The van der Waals surface area contributed by atoms with Crippen molar-refractivity contribution in [1.29, 1.82) is 0 Å². The van der Waals surface area contributed by atoms with Crippen molar-refractivity contribution in [2.45, 2.75) is 25.4 Å². The van der Waals surface area contributed by atoms with Gasteiger partial charge in [-0.05, 0) is 25.4 Å². The van der Waals surface area contributed by atoms with Gasteiger partial charge in [0, 0.05) is 0 Å². The van der Waals surface area contributed by atoms with Crippen molar-refractivity contribution in [3.8, 4) is 0 Å². The molecule has 0 spiro atoms. The normalized spacial score (nSPS) is 14.1. The molecule has 0 aromatic heterocycles. The predicted octanol–water partition coefficient (Wildman–Crippen LogP) is -0.255. The van der Waals surface area contributed by atoms with E-state index in [1.165, 1.54) is 7.11 Å². The molecule has 6 heteroatoms. The second-order valence-electron chi connectivity index (χ2n) is 3.15. The van der Waals surface area contributed by atoms with Gasteiger partial charge in [-0.15, -0.1) is 0 Å². The van der Waals surface area contributed by atoms with Crippen LogP contribution in [0.4, 0.5) is 0 Å². The lowest BCUT2D eigenvalue weighted by Crippen LogP contribution is -2.47. The first-order chi connectivity index (χ1) is 7.02. The van der Waals surface area contributed by atoms with Crippen LogP contribution in [0.2, 0.25) is 0 Å². The molecule has 15 heavy (non-hydrogen) atoms. The molecule has 0 aromatic rings. The van der Waals surface area contributed by atoms with E-state index in [1.807, 2.05) is 6.26 Å². The number of methoxy groups -OCH3 is 1. The highest BCUT2D eigenvalue weighted by molar-refractivity contribution is 7.98. The van der Waals surface area contributed by atoms with Crippen LogP contribution in [0.1, 0.15) is 13.3 Å². The number of nitrogens with one attached hydrogen (secondary N) is 1. The maximum atomic E-state index is 11.3. The third-order valence-electron chi connectivity index (χ3n) is 1.83. The highest BCUT2D eigenvalue weighted by Gasteiger charge is 2.22. The Balaban J connectivity index is 4.23. The van der Waals surface area contributed by atoms with E-state index in [1.54, 1.807) is 18.7 Å². The van der Waals surface area contributed by atoms with Crippen LogP contribution in [0.25, 0.3) is 0 Å². The van der Waals surface area contributed by atoms with Crippen molar-refractivity contribution in [2.24, 2.45) is 5.73 Å². The minimum absolute atomic E-state index is 0.341. The van der Waals surface area contributed by atoms with Gasteiger partial charge in [-0.2, -0.15) is 11.8 Å². The molecular formula is C9H18N2O3S. The van der Waals surface area contributed by atoms with Gasteiger partial charge < -0.3 is 15.8 Å². The number of rotatable bonds is 6. The molecular weight excluding hydrogens is 216 g/mol. The van der Waals surface area contributed by atoms with Crippen LogP contribution in [-0.2, 0) is 14.3 Å². The molecule has 0 aliphatic rings. The average molecular weight is 234 g/mol. The molecule has 0 aromatic carbocycles. The zero-order valence-electron chi connectivity index (χ0n) is 9.28. The summed E-state index contributed by atoms with van der Waals surface area (Å²) in [6.07, 6.45) is 2.48. The van der Waals surface area contributed by atoms with Crippen molar-refractivity contribution < 1.29 is 14.3 Å². The first-order valence-electron chi connectivity index (χ1n) is 4.65. The third kappa shape index (κ3) is 5.64. The topological polar surface area (TPSA) is 81.4 Å². The van der Waals surface area contributed by atoms with Crippen LogP contribution in [0.15, 0.2) is 0 Å². The molecule has 3 N–H and O–H groups in total. The first kappa shape index (κ1) is 14.2. The van der Waals surface area contributed by atoms with Crippen molar-refractivity contribution in [1.82, 2.24) is 5.32 Å². The summed E-state index contributed by atoms with van der Waals surface area (Å²) in [5, 5.41) is 2.55. The summed E-state index contributed by atoms with van der Waals surface area (Å²) >= 11 is 1.60. The van der Waals surface area contributed by atoms with Crippen LogP contribution in [0.3, 0.4) is 0 Å². The minimum atomic E-state index is -0.619. The van der Waals surface area contributed by atoms with E-state index >= 15 is 0 Å². The summed E-state index contributed by atoms with van der Waals surface area (Å²) < 4.78 is 4.59. The van der Waals surface area contributed by atoms with Crippen molar-refractivity contribution >= 4 is 23.6 Å². The lowest BCUT2D eigenvalue weighted by molar-refractivity contribution is -0.145. The minimum Gasteiger partial charge on any atom is -0.467 e. The first-order valence-corrected chi connectivity index (χ1v) is 6.05. The van der Waals surface area contributed by atoms with Gasteiger partial charge in [0.15, 0.2) is 0 Å². The number of hydrogen-bond donors (Lipinski definition) is 2. The molecule has 0 rings (SSSR count). The van der Waals surface area contributed by atoms with Gasteiger partial charge in [0.25, 0.3) is 0 Å². The lowest BCUT2D eigenvalue weighted by Gasteiger charge is -2.17. The van der Waals surface area contributed by atoms with Crippen LogP contribution < -0.4 is 11.1 Å². The molecule has 0 bridgehead atoms. The lowest BCUT2D eigenvalue weighted by atomic mass is 10.2. The molecule has 0 aliphatic carbocycles. The molecule has 0 saturated heterocycles. The van der Waals surface area contributed by atoms with Crippen LogP contribution in [0.5, 0.6) is 0 Å². The smallest absolute Gasteiger partial charge is 0.328 e. The van der Waals surface area contributed by atoms with Crippen molar-refractivity contribution in [3.05, 3.63) is 0 Å². The van der Waals surface area contributed by atoms with Crippen LogP contribution in [-0.4, -0.2) is 43.1 Å². The van der Waals surface area contributed by atoms with E-state index < -0.39 is 18.1 Å². The van der Waals surface area contributed by atoms with E-state index in [0.29, 0.717) is 6.42 Å². The highest BCUT2D eigenvalue weighted by Crippen LogP contribution is 2.02. The van der Waals surface area contributed by atoms with E-state index in [0.717, 1.165) is 5.75 Å². The quantitative estimate of drug-likeness (QED) is 0.619. The monoisotopic (exact) mass is 234 g/mol. The average Bonchev–Trinajstić information content (AvgIpc) is 2.22. The number of carbonyl (C=O) groups is 2. The summed E-state index contributed by atoms with van der Waals surface area (Å²) in [5.41, 5.74) is 5.39. The fraction of sp³-hybridized carbons (Fsp3) is 0.778. The fourth-order valence-electron chi connectivity index (χ4n) is 0.930. The summed E-state index contributed by atoms with van der Waals surface area (Å²) in [6.45, 7) is 1.57. The van der Waals surface area contributed by atoms with Gasteiger partial charge in [-0.1, -0.05) is 0 Å². The molecule has 2 atom stereocenters. The fourth-order valence-corrected chi connectivity index (χ4v) is 1.40. The Morgan fingerprint density at radius 1 is 1.53 bits per heavy atom. The van der Waals surface area contributed by atoms with Crippen molar-refractivity contribution in [2.75, 3.05) is 19.1 Å². The van der Waals surface area contributed by atoms with Gasteiger partial charge in [-0.3, -0.25) is 4.79 Å².